The second kappa shape index (κ2) is 6.02. The zero-order valence-corrected chi connectivity index (χ0v) is 11.2. The van der Waals surface area contributed by atoms with E-state index in [1.54, 1.807) is 0 Å². The van der Waals surface area contributed by atoms with Crippen molar-refractivity contribution in [3.63, 3.8) is 0 Å². The van der Waals surface area contributed by atoms with Crippen LogP contribution < -0.4 is 11.1 Å². The van der Waals surface area contributed by atoms with Crippen LogP contribution in [0.1, 0.15) is 30.1 Å². The van der Waals surface area contributed by atoms with Gasteiger partial charge in [0.2, 0.25) is 0 Å². The normalized spacial score (nSPS) is 19.6. The molecule has 1 atom stereocenters. The van der Waals surface area contributed by atoms with E-state index < -0.39 is 11.7 Å². The van der Waals surface area contributed by atoms with Crippen molar-refractivity contribution in [3.8, 4) is 0 Å². The minimum absolute atomic E-state index is 0.0149. The fraction of sp³-hybridized carbons (Fsp3) is 0.500. The summed E-state index contributed by atoms with van der Waals surface area (Å²) in [5, 5.41) is 2.80. The van der Waals surface area contributed by atoms with Gasteiger partial charge in [-0.3, -0.25) is 9.69 Å². The van der Waals surface area contributed by atoms with Crippen LogP contribution in [0.4, 0.5) is 10.1 Å². The highest BCUT2D eigenvalue weighted by molar-refractivity contribution is 5.95. The van der Waals surface area contributed by atoms with E-state index in [2.05, 4.69) is 17.1 Å². The van der Waals surface area contributed by atoms with Crippen molar-refractivity contribution in [2.75, 3.05) is 25.4 Å². The second-order valence-corrected chi connectivity index (χ2v) is 4.87. The molecule has 0 bridgehead atoms. The molecule has 1 fully saturated rings. The second-order valence-electron chi connectivity index (χ2n) is 4.87. The number of nitrogens with zero attached hydrogens (tertiary/aromatic N) is 1. The number of hydrogen-bond acceptors (Lipinski definition) is 3. The lowest BCUT2D eigenvalue weighted by Gasteiger charge is -2.22. The number of anilines is 1. The van der Waals surface area contributed by atoms with E-state index in [1.165, 1.54) is 18.2 Å². The molecule has 5 heteroatoms. The topological polar surface area (TPSA) is 58.4 Å². The third kappa shape index (κ3) is 3.23. The Kier molecular flexibility index (Phi) is 4.37. The number of nitrogens with one attached hydrogen (secondary N) is 1. The van der Waals surface area contributed by atoms with E-state index in [9.17, 15) is 9.18 Å². The largest absolute Gasteiger partial charge is 0.399 e. The predicted molar refractivity (Wildman–Crippen MR) is 73.4 cm³/mol. The van der Waals surface area contributed by atoms with E-state index >= 15 is 0 Å². The summed E-state index contributed by atoms with van der Waals surface area (Å²) in [4.78, 5) is 14.3. The summed E-state index contributed by atoms with van der Waals surface area (Å²) in [6, 6.07) is 4.40. The first-order valence-corrected chi connectivity index (χ1v) is 6.69. The van der Waals surface area contributed by atoms with Crippen LogP contribution in [0.3, 0.4) is 0 Å². The molecule has 0 radical (unpaired) electrons. The number of likely N-dealkylation sites (tertiary alicyclic amines) is 1. The Labute approximate surface area is 112 Å². The highest BCUT2D eigenvalue weighted by Crippen LogP contribution is 2.16. The monoisotopic (exact) mass is 265 g/mol. The molecule has 1 amide bonds. The Balaban J connectivity index is 1.96. The Bertz CT molecular complexity index is 464. The van der Waals surface area contributed by atoms with Gasteiger partial charge >= 0.3 is 0 Å². The average molecular weight is 265 g/mol. The Morgan fingerprint density at radius 2 is 2.37 bits per heavy atom. The number of hydrogen-bond donors (Lipinski definition) is 2. The summed E-state index contributed by atoms with van der Waals surface area (Å²) in [6.45, 7) is 4.72. The number of rotatable bonds is 4. The molecule has 1 aromatic carbocycles. The summed E-state index contributed by atoms with van der Waals surface area (Å²) in [7, 11) is 0. The third-order valence-electron chi connectivity index (χ3n) is 3.64. The fourth-order valence-corrected chi connectivity index (χ4v) is 2.57. The number of likely N-dealkylation sites (N-methyl/N-ethyl adjacent to an activating group) is 1. The van der Waals surface area contributed by atoms with Gasteiger partial charge in [0.15, 0.2) is 0 Å². The molecule has 0 saturated carbocycles. The number of benzene rings is 1. The quantitative estimate of drug-likeness (QED) is 0.813. The molecular formula is C14H20FN3O. The minimum atomic E-state index is -0.537. The molecule has 1 heterocycles. The van der Waals surface area contributed by atoms with E-state index in [0.717, 1.165) is 25.9 Å². The first-order valence-electron chi connectivity index (χ1n) is 6.69. The van der Waals surface area contributed by atoms with Crippen LogP contribution in [-0.4, -0.2) is 36.5 Å². The van der Waals surface area contributed by atoms with Crippen LogP contribution in [0.25, 0.3) is 0 Å². The fourth-order valence-electron chi connectivity index (χ4n) is 2.57. The smallest absolute Gasteiger partial charge is 0.254 e. The predicted octanol–water partition coefficient (Wildman–Crippen LogP) is 1.62. The van der Waals surface area contributed by atoms with Gasteiger partial charge in [-0.15, -0.1) is 0 Å². The molecule has 1 aliphatic heterocycles. The zero-order chi connectivity index (χ0) is 13.8. The molecule has 3 N–H and O–H groups in total. The number of nitrogen functional groups attached to an aromatic ring is 1. The van der Waals surface area contributed by atoms with Crippen molar-refractivity contribution in [2.45, 2.75) is 25.8 Å². The number of halogens is 1. The van der Waals surface area contributed by atoms with Gasteiger partial charge in [0.1, 0.15) is 5.82 Å². The summed E-state index contributed by atoms with van der Waals surface area (Å²) in [5.41, 5.74) is 5.98. The molecule has 4 nitrogen and oxygen atoms in total. The Morgan fingerprint density at radius 3 is 3.11 bits per heavy atom. The van der Waals surface area contributed by atoms with E-state index in [-0.39, 0.29) is 5.56 Å². The van der Waals surface area contributed by atoms with Crippen molar-refractivity contribution < 1.29 is 9.18 Å². The maximum Gasteiger partial charge on any atom is 0.254 e. The molecule has 104 valence electrons. The number of carbonyl (C=O) groups excluding carboxylic acids is 1. The maximum absolute atomic E-state index is 13.5. The van der Waals surface area contributed by atoms with Gasteiger partial charge in [0.05, 0.1) is 5.56 Å². The molecule has 1 unspecified atom stereocenters. The van der Waals surface area contributed by atoms with Crippen LogP contribution in [0.2, 0.25) is 0 Å². The first-order chi connectivity index (χ1) is 9.11. The van der Waals surface area contributed by atoms with Gasteiger partial charge in [0, 0.05) is 18.3 Å². The van der Waals surface area contributed by atoms with Gasteiger partial charge in [-0.2, -0.15) is 0 Å². The van der Waals surface area contributed by atoms with Gasteiger partial charge in [-0.1, -0.05) is 6.92 Å². The van der Waals surface area contributed by atoms with Crippen molar-refractivity contribution in [2.24, 2.45) is 0 Å². The van der Waals surface area contributed by atoms with Crippen molar-refractivity contribution in [1.82, 2.24) is 10.2 Å². The van der Waals surface area contributed by atoms with Gasteiger partial charge in [0.25, 0.3) is 5.91 Å². The van der Waals surface area contributed by atoms with Gasteiger partial charge in [-0.05, 0) is 44.1 Å². The van der Waals surface area contributed by atoms with Crippen LogP contribution in [0, 0.1) is 5.82 Å². The lowest BCUT2D eigenvalue weighted by molar-refractivity contribution is 0.0937. The molecule has 19 heavy (non-hydrogen) atoms. The highest BCUT2D eigenvalue weighted by atomic mass is 19.1. The number of amides is 1. The molecule has 2 rings (SSSR count). The Hall–Kier alpha value is -1.62. The average Bonchev–Trinajstić information content (AvgIpc) is 2.86. The highest BCUT2D eigenvalue weighted by Gasteiger charge is 2.23. The first kappa shape index (κ1) is 13.8. The molecule has 1 aliphatic rings. The van der Waals surface area contributed by atoms with E-state index in [4.69, 9.17) is 5.73 Å². The van der Waals surface area contributed by atoms with Crippen LogP contribution in [0.5, 0.6) is 0 Å². The standard InChI is InChI=1S/C14H20FN3O/c1-2-18-7-3-4-11(18)9-17-14(19)12-8-10(16)5-6-13(12)15/h5-6,8,11H,2-4,7,9,16H2,1H3,(H,17,19). The van der Waals surface area contributed by atoms with Crippen molar-refractivity contribution in [3.05, 3.63) is 29.6 Å². The zero-order valence-electron chi connectivity index (χ0n) is 11.2. The van der Waals surface area contributed by atoms with Gasteiger partial charge in [-0.25, -0.2) is 4.39 Å². The lowest BCUT2D eigenvalue weighted by Crippen LogP contribution is -2.40. The molecular weight excluding hydrogens is 245 g/mol. The summed E-state index contributed by atoms with van der Waals surface area (Å²) in [5.74, 6) is -0.932. The summed E-state index contributed by atoms with van der Waals surface area (Å²) in [6.07, 6.45) is 2.23. The molecule has 0 spiro atoms. The molecule has 1 aromatic rings. The summed E-state index contributed by atoms with van der Waals surface area (Å²) >= 11 is 0. The lowest BCUT2D eigenvalue weighted by atomic mass is 10.1. The van der Waals surface area contributed by atoms with E-state index in [1.807, 2.05) is 0 Å². The van der Waals surface area contributed by atoms with Crippen molar-refractivity contribution in [1.29, 1.82) is 0 Å². The SMILES string of the molecule is CCN1CCCC1CNC(=O)c1cc(N)ccc1F. The maximum atomic E-state index is 13.5. The Morgan fingerprint density at radius 1 is 1.58 bits per heavy atom. The van der Waals surface area contributed by atoms with E-state index in [0.29, 0.717) is 18.3 Å². The summed E-state index contributed by atoms with van der Waals surface area (Å²) < 4.78 is 13.5. The minimum Gasteiger partial charge on any atom is -0.399 e. The number of carbonyl (C=O) groups is 1. The number of nitrogens with two attached hydrogens (primary N) is 1. The van der Waals surface area contributed by atoms with Crippen LogP contribution in [-0.2, 0) is 0 Å². The third-order valence-corrected chi connectivity index (χ3v) is 3.64. The van der Waals surface area contributed by atoms with Gasteiger partial charge < -0.3 is 11.1 Å². The van der Waals surface area contributed by atoms with Crippen molar-refractivity contribution >= 4 is 11.6 Å². The molecule has 1 saturated heterocycles. The van der Waals surface area contributed by atoms with Crippen LogP contribution in [0.15, 0.2) is 18.2 Å². The molecule has 0 aliphatic carbocycles. The van der Waals surface area contributed by atoms with Crippen LogP contribution >= 0.6 is 0 Å². The molecule has 0 aromatic heterocycles.